The molecule has 1 saturated heterocycles. The molecule has 0 bridgehead atoms. The SMILES string of the molecule is Fc1ccc(Br)cc1CN1CCC(F)(F)CC1. The first-order valence-corrected chi connectivity index (χ1v) is 6.30. The van der Waals surface area contributed by atoms with E-state index >= 15 is 0 Å². The molecule has 17 heavy (non-hydrogen) atoms. The van der Waals surface area contributed by atoms with Gasteiger partial charge in [0.15, 0.2) is 0 Å². The van der Waals surface area contributed by atoms with Crippen LogP contribution in [0.25, 0.3) is 0 Å². The minimum atomic E-state index is -2.55. The van der Waals surface area contributed by atoms with E-state index in [1.54, 1.807) is 12.1 Å². The van der Waals surface area contributed by atoms with Crippen molar-refractivity contribution in [3.63, 3.8) is 0 Å². The zero-order valence-corrected chi connectivity index (χ0v) is 10.8. The number of rotatable bonds is 2. The third kappa shape index (κ3) is 3.45. The predicted molar refractivity (Wildman–Crippen MR) is 63.6 cm³/mol. The van der Waals surface area contributed by atoms with Gasteiger partial charge in [0, 0.05) is 42.5 Å². The molecule has 1 heterocycles. The van der Waals surface area contributed by atoms with E-state index in [1.807, 2.05) is 4.90 Å². The van der Waals surface area contributed by atoms with Crippen molar-refractivity contribution < 1.29 is 13.2 Å². The van der Waals surface area contributed by atoms with Crippen molar-refractivity contribution in [1.29, 1.82) is 0 Å². The second-order valence-corrected chi connectivity index (χ2v) is 5.28. The summed E-state index contributed by atoms with van der Waals surface area (Å²) in [6, 6.07) is 4.71. The van der Waals surface area contributed by atoms with E-state index in [0.717, 1.165) is 4.47 Å². The molecule has 5 heteroatoms. The van der Waals surface area contributed by atoms with E-state index in [1.165, 1.54) is 6.07 Å². The molecule has 0 N–H and O–H groups in total. The molecule has 0 aromatic heterocycles. The van der Waals surface area contributed by atoms with Crippen molar-refractivity contribution in [1.82, 2.24) is 4.90 Å². The highest BCUT2D eigenvalue weighted by Crippen LogP contribution is 2.28. The van der Waals surface area contributed by atoms with Gasteiger partial charge in [-0.15, -0.1) is 0 Å². The van der Waals surface area contributed by atoms with Crippen LogP contribution in [-0.2, 0) is 6.54 Å². The monoisotopic (exact) mass is 307 g/mol. The quantitative estimate of drug-likeness (QED) is 0.803. The van der Waals surface area contributed by atoms with Gasteiger partial charge in [0.25, 0.3) is 5.92 Å². The number of hydrogen-bond donors (Lipinski definition) is 0. The molecule has 1 aromatic rings. The number of hydrogen-bond acceptors (Lipinski definition) is 1. The fourth-order valence-electron chi connectivity index (χ4n) is 1.94. The van der Waals surface area contributed by atoms with Gasteiger partial charge in [-0.25, -0.2) is 13.2 Å². The number of piperidine rings is 1. The van der Waals surface area contributed by atoms with Crippen LogP contribution >= 0.6 is 15.9 Å². The Bertz CT molecular complexity index is 399. The Morgan fingerprint density at radius 1 is 1.24 bits per heavy atom. The molecule has 1 aliphatic heterocycles. The van der Waals surface area contributed by atoms with Crippen LogP contribution in [0.2, 0.25) is 0 Å². The van der Waals surface area contributed by atoms with Gasteiger partial charge < -0.3 is 0 Å². The molecule has 94 valence electrons. The second kappa shape index (κ2) is 4.98. The van der Waals surface area contributed by atoms with Crippen molar-refractivity contribution in [3.8, 4) is 0 Å². The predicted octanol–water partition coefficient (Wildman–Crippen LogP) is 3.82. The molecule has 0 atom stereocenters. The topological polar surface area (TPSA) is 3.24 Å². The van der Waals surface area contributed by atoms with E-state index in [9.17, 15) is 13.2 Å². The molecule has 0 amide bonds. The smallest absolute Gasteiger partial charge is 0.250 e. The molecule has 1 fully saturated rings. The average Bonchev–Trinajstić information content (AvgIpc) is 2.26. The summed E-state index contributed by atoms with van der Waals surface area (Å²) in [5, 5.41) is 0. The standard InChI is InChI=1S/C12H13BrF3N/c13-10-1-2-11(14)9(7-10)8-17-5-3-12(15,16)4-6-17/h1-2,7H,3-6,8H2. The van der Waals surface area contributed by atoms with Crippen LogP contribution < -0.4 is 0 Å². The van der Waals surface area contributed by atoms with Gasteiger partial charge in [0.05, 0.1) is 0 Å². The van der Waals surface area contributed by atoms with Crippen molar-refractivity contribution in [2.45, 2.75) is 25.3 Å². The van der Waals surface area contributed by atoms with E-state index in [-0.39, 0.29) is 18.7 Å². The summed E-state index contributed by atoms with van der Waals surface area (Å²) in [5.74, 6) is -2.84. The highest BCUT2D eigenvalue weighted by Gasteiger charge is 2.33. The van der Waals surface area contributed by atoms with E-state index in [2.05, 4.69) is 15.9 Å². The van der Waals surface area contributed by atoms with E-state index < -0.39 is 5.92 Å². The summed E-state index contributed by atoms with van der Waals surface area (Å²) in [7, 11) is 0. The zero-order valence-electron chi connectivity index (χ0n) is 9.23. The molecule has 0 saturated carbocycles. The largest absolute Gasteiger partial charge is 0.299 e. The van der Waals surface area contributed by atoms with Crippen molar-refractivity contribution in [3.05, 3.63) is 34.1 Å². The summed E-state index contributed by atoms with van der Waals surface area (Å²) in [6.07, 6.45) is -0.273. The van der Waals surface area contributed by atoms with Crippen LogP contribution in [0.3, 0.4) is 0 Å². The molecule has 1 aromatic carbocycles. The fraction of sp³-hybridized carbons (Fsp3) is 0.500. The van der Waals surface area contributed by atoms with Crippen molar-refractivity contribution in [2.75, 3.05) is 13.1 Å². The van der Waals surface area contributed by atoms with Crippen molar-refractivity contribution >= 4 is 15.9 Å². The molecular formula is C12H13BrF3N. The highest BCUT2D eigenvalue weighted by atomic mass is 79.9. The van der Waals surface area contributed by atoms with E-state index in [4.69, 9.17) is 0 Å². The minimum absolute atomic E-state index is 0.136. The van der Waals surface area contributed by atoms with Gasteiger partial charge in [-0.1, -0.05) is 15.9 Å². The van der Waals surface area contributed by atoms with Crippen LogP contribution in [-0.4, -0.2) is 23.9 Å². The van der Waals surface area contributed by atoms with Crippen molar-refractivity contribution in [2.24, 2.45) is 0 Å². The molecule has 0 aliphatic carbocycles. The summed E-state index contributed by atoms with van der Waals surface area (Å²) in [5.41, 5.74) is 0.546. The van der Waals surface area contributed by atoms with Crippen LogP contribution in [0.15, 0.2) is 22.7 Å². The number of likely N-dealkylation sites (tertiary alicyclic amines) is 1. The van der Waals surface area contributed by atoms with Gasteiger partial charge >= 0.3 is 0 Å². The Kier molecular flexibility index (Phi) is 3.78. The molecule has 1 nitrogen and oxygen atoms in total. The molecule has 2 rings (SSSR count). The first-order valence-electron chi connectivity index (χ1n) is 5.50. The molecule has 0 spiro atoms. The Balaban J connectivity index is 2.00. The number of halogens is 4. The van der Waals surface area contributed by atoms with E-state index in [0.29, 0.717) is 25.2 Å². The Hall–Kier alpha value is -0.550. The van der Waals surface area contributed by atoms with Gasteiger partial charge in [-0.3, -0.25) is 4.90 Å². The Morgan fingerprint density at radius 2 is 1.88 bits per heavy atom. The maximum Gasteiger partial charge on any atom is 0.250 e. The third-order valence-corrected chi connectivity index (χ3v) is 3.48. The lowest BCUT2D eigenvalue weighted by molar-refractivity contribution is -0.0567. The minimum Gasteiger partial charge on any atom is -0.299 e. The second-order valence-electron chi connectivity index (χ2n) is 4.37. The lowest BCUT2D eigenvalue weighted by atomic mass is 10.1. The van der Waals surface area contributed by atoms with Crippen LogP contribution in [0.1, 0.15) is 18.4 Å². The summed E-state index contributed by atoms with van der Waals surface area (Å²) >= 11 is 3.27. The molecule has 0 radical (unpaired) electrons. The Morgan fingerprint density at radius 3 is 2.53 bits per heavy atom. The summed E-state index contributed by atoms with van der Waals surface area (Å²) in [6.45, 7) is 1.03. The number of benzene rings is 1. The van der Waals surface area contributed by atoms with Gasteiger partial charge in [-0.05, 0) is 18.2 Å². The number of nitrogens with zero attached hydrogens (tertiary/aromatic N) is 1. The summed E-state index contributed by atoms with van der Waals surface area (Å²) in [4.78, 5) is 1.86. The summed E-state index contributed by atoms with van der Waals surface area (Å²) < 4.78 is 40.2. The van der Waals surface area contributed by atoms with Crippen LogP contribution in [0, 0.1) is 5.82 Å². The first kappa shape index (κ1) is 12.9. The first-order chi connectivity index (χ1) is 7.96. The molecular weight excluding hydrogens is 295 g/mol. The van der Waals surface area contributed by atoms with Crippen LogP contribution in [0.5, 0.6) is 0 Å². The lowest BCUT2D eigenvalue weighted by Gasteiger charge is -2.31. The maximum atomic E-state index is 13.5. The highest BCUT2D eigenvalue weighted by molar-refractivity contribution is 9.10. The van der Waals surface area contributed by atoms with Crippen LogP contribution in [0.4, 0.5) is 13.2 Å². The van der Waals surface area contributed by atoms with Gasteiger partial charge in [0.1, 0.15) is 5.82 Å². The maximum absolute atomic E-state index is 13.5. The molecule has 1 aliphatic rings. The molecule has 0 unspecified atom stereocenters. The Labute approximate surface area is 107 Å². The van der Waals surface area contributed by atoms with Gasteiger partial charge in [0.2, 0.25) is 0 Å². The average molecular weight is 308 g/mol. The lowest BCUT2D eigenvalue weighted by Crippen LogP contribution is -2.38. The fourth-order valence-corrected chi connectivity index (χ4v) is 2.35. The third-order valence-electron chi connectivity index (χ3n) is 2.99. The van der Waals surface area contributed by atoms with Gasteiger partial charge in [-0.2, -0.15) is 0 Å². The zero-order chi connectivity index (χ0) is 12.5. The number of alkyl halides is 2. The normalized spacial score (nSPS) is 20.5.